The molecule has 1 N–H and O–H groups in total. The number of hydrogen-bond donors (Lipinski definition) is 1. The van der Waals surface area contributed by atoms with Crippen LogP contribution >= 0.6 is 11.3 Å². The number of nitrogens with zero attached hydrogens (tertiary/aromatic N) is 1. The standard InChI is InChI=1S/C14H20N2O2S/c1-16(2)13(17)9-15-14(18)12-8-10-6-4-3-5-7-11(10)19-12/h8H,3-7,9H2,1-2H3,(H,15,18). The van der Waals surface area contributed by atoms with Gasteiger partial charge in [0.25, 0.3) is 5.91 Å². The van der Waals surface area contributed by atoms with Crippen molar-refractivity contribution in [3.8, 4) is 0 Å². The molecule has 104 valence electrons. The molecular weight excluding hydrogens is 260 g/mol. The van der Waals surface area contributed by atoms with Gasteiger partial charge in [0.05, 0.1) is 11.4 Å². The van der Waals surface area contributed by atoms with E-state index in [0.717, 1.165) is 17.7 Å². The zero-order chi connectivity index (χ0) is 13.8. The fraction of sp³-hybridized carbons (Fsp3) is 0.571. The summed E-state index contributed by atoms with van der Waals surface area (Å²) < 4.78 is 0. The molecule has 2 amide bonds. The lowest BCUT2D eigenvalue weighted by Crippen LogP contribution is -2.35. The molecular formula is C14H20N2O2S. The second-order valence-corrected chi connectivity index (χ2v) is 6.23. The lowest BCUT2D eigenvalue weighted by atomic mass is 10.1. The van der Waals surface area contributed by atoms with E-state index in [1.165, 1.54) is 34.6 Å². The second-order valence-electron chi connectivity index (χ2n) is 5.09. The van der Waals surface area contributed by atoms with Gasteiger partial charge >= 0.3 is 0 Å². The fourth-order valence-corrected chi connectivity index (χ4v) is 3.35. The van der Waals surface area contributed by atoms with Crippen LogP contribution in [0.1, 0.15) is 39.4 Å². The van der Waals surface area contributed by atoms with Crippen molar-refractivity contribution in [2.45, 2.75) is 32.1 Å². The first-order chi connectivity index (χ1) is 9.08. The summed E-state index contributed by atoms with van der Waals surface area (Å²) in [5.41, 5.74) is 1.33. The van der Waals surface area contributed by atoms with E-state index in [-0.39, 0.29) is 18.4 Å². The van der Waals surface area contributed by atoms with Crippen LogP contribution in [0.15, 0.2) is 6.07 Å². The largest absolute Gasteiger partial charge is 0.347 e. The third-order valence-electron chi connectivity index (χ3n) is 3.37. The molecule has 0 aliphatic heterocycles. The zero-order valence-corrected chi connectivity index (χ0v) is 12.3. The molecule has 0 fully saturated rings. The smallest absolute Gasteiger partial charge is 0.261 e. The number of rotatable bonds is 3. The molecule has 0 aromatic carbocycles. The number of carbonyl (C=O) groups excluding carboxylic acids is 2. The third-order valence-corrected chi connectivity index (χ3v) is 4.61. The number of carbonyl (C=O) groups is 2. The van der Waals surface area contributed by atoms with Crippen LogP contribution in [0, 0.1) is 0 Å². The molecule has 0 spiro atoms. The summed E-state index contributed by atoms with van der Waals surface area (Å²) in [6.07, 6.45) is 5.87. The molecule has 4 nitrogen and oxygen atoms in total. The first-order valence-electron chi connectivity index (χ1n) is 6.68. The summed E-state index contributed by atoms with van der Waals surface area (Å²) in [7, 11) is 3.36. The van der Waals surface area contributed by atoms with Gasteiger partial charge in [0.2, 0.25) is 5.91 Å². The molecule has 19 heavy (non-hydrogen) atoms. The van der Waals surface area contributed by atoms with Gasteiger partial charge in [-0.1, -0.05) is 6.42 Å². The molecule has 1 heterocycles. The molecule has 0 saturated heterocycles. The first kappa shape index (κ1) is 14.1. The van der Waals surface area contributed by atoms with Crippen LogP contribution in [0.25, 0.3) is 0 Å². The van der Waals surface area contributed by atoms with E-state index in [1.54, 1.807) is 25.4 Å². The van der Waals surface area contributed by atoms with Gasteiger partial charge < -0.3 is 10.2 Å². The second kappa shape index (κ2) is 6.19. The summed E-state index contributed by atoms with van der Waals surface area (Å²) in [4.78, 5) is 27.0. The van der Waals surface area contributed by atoms with Crippen molar-refractivity contribution in [2.75, 3.05) is 20.6 Å². The summed E-state index contributed by atoms with van der Waals surface area (Å²) >= 11 is 1.58. The van der Waals surface area contributed by atoms with Crippen LogP contribution in [0.4, 0.5) is 0 Å². The summed E-state index contributed by atoms with van der Waals surface area (Å²) in [5.74, 6) is -0.222. The predicted molar refractivity (Wildman–Crippen MR) is 76.6 cm³/mol. The summed E-state index contributed by atoms with van der Waals surface area (Å²) in [6.45, 7) is 0.0639. The quantitative estimate of drug-likeness (QED) is 0.859. The number of nitrogens with one attached hydrogen (secondary N) is 1. The maximum atomic E-state index is 12.0. The van der Waals surface area contributed by atoms with Crippen LogP contribution in [0.5, 0.6) is 0 Å². The van der Waals surface area contributed by atoms with E-state index in [2.05, 4.69) is 5.32 Å². The van der Waals surface area contributed by atoms with Gasteiger partial charge in [0.1, 0.15) is 0 Å². The number of amides is 2. The Morgan fingerprint density at radius 1 is 1.26 bits per heavy atom. The molecule has 0 radical (unpaired) electrons. The number of hydrogen-bond acceptors (Lipinski definition) is 3. The lowest BCUT2D eigenvalue weighted by molar-refractivity contribution is -0.127. The van der Waals surface area contributed by atoms with Gasteiger partial charge in [-0.05, 0) is 37.3 Å². The van der Waals surface area contributed by atoms with E-state index in [1.807, 2.05) is 6.07 Å². The Balaban J connectivity index is 1.98. The van der Waals surface area contributed by atoms with Crippen LogP contribution in [-0.2, 0) is 17.6 Å². The van der Waals surface area contributed by atoms with E-state index in [9.17, 15) is 9.59 Å². The van der Waals surface area contributed by atoms with Gasteiger partial charge in [-0.3, -0.25) is 9.59 Å². The van der Waals surface area contributed by atoms with Crippen molar-refractivity contribution in [1.82, 2.24) is 10.2 Å². The van der Waals surface area contributed by atoms with Gasteiger partial charge in [0.15, 0.2) is 0 Å². The molecule has 1 aliphatic rings. The third kappa shape index (κ3) is 3.56. The van der Waals surface area contributed by atoms with Crippen molar-refractivity contribution < 1.29 is 9.59 Å². The van der Waals surface area contributed by atoms with Crippen LogP contribution in [0.3, 0.4) is 0 Å². The minimum absolute atomic E-state index is 0.0639. The molecule has 5 heteroatoms. The highest BCUT2D eigenvalue weighted by Crippen LogP contribution is 2.28. The molecule has 0 saturated carbocycles. The van der Waals surface area contributed by atoms with Crippen molar-refractivity contribution in [1.29, 1.82) is 0 Å². The first-order valence-corrected chi connectivity index (χ1v) is 7.49. The van der Waals surface area contributed by atoms with Gasteiger partial charge in [-0.25, -0.2) is 0 Å². The maximum absolute atomic E-state index is 12.0. The minimum Gasteiger partial charge on any atom is -0.347 e. The molecule has 1 aliphatic carbocycles. The van der Waals surface area contributed by atoms with Crippen LogP contribution < -0.4 is 5.32 Å². The molecule has 1 aromatic heterocycles. The van der Waals surface area contributed by atoms with Crippen molar-refractivity contribution in [3.05, 3.63) is 21.4 Å². The van der Waals surface area contributed by atoms with Gasteiger partial charge in [-0.15, -0.1) is 11.3 Å². The maximum Gasteiger partial charge on any atom is 0.261 e. The lowest BCUT2D eigenvalue weighted by Gasteiger charge is -2.10. The Morgan fingerprint density at radius 3 is 2.74 bits per heavy atom. The number of likely N-dealkylation sites (N-methyl/N-ethyl adjacent to an activating group) is 1. The Kier molecular flexibility index (Phi) is 4.58. The zero-order valence-electron chi connectivity index (χ0n) is 11.5. The van der Waals surface area contributed by atoms with Gasteiger partial charge in [-0.2, -0.15) is 0 Å². The molecule has 0 bridgehead atoms. The van der Waals surface area contributed by atoms with E-state index < -0.39 is 0 Å². The Bertz CT molecular complexity index is 456. The molecule has 0 unspecified atom stereocenters. The Hall–Kier alpha value is -1.36. The summed E-state index contributed by atoms with van der Waals surface area (Å²) in [5, 5.41) is 2.69. The van der Waals surface area contributed by atoms with Crippen LogP contribution in [-0.4, -0.2) is 37.4 Å². The Labute approximate surface area is 117 Å². The van der Waals surface area contributed by atoms with Crippen LogP contribution in [0.2, 0.25) is 0 Å². The Morgan fingerprint density at radius 2 is 2.00 bits per heavy atom. The SMILES string of the molecule is CN(C)C(=O)CNC(=O)c1cc2c(s1)CCCCC2. The highest BCUT2D eigenvalue weighted by molar-refractivity contribution is 7.14. The topological polar surface area (TPSA) is 49.4 Å². The monoisotopic (exact) mass is 280 g/mol. The number of aryl methyl sites for hydroxylation is 2. The summed E-state index contributed by atoms with van der Waals surface area (Å²) in [6, 6.07) is 2.00. The van der Waals surface area contributed by atoms with Gasteiger partial charge in [0, 0.05) is 19.0 Å². The molecule has 2 rings (SSSR count). The van der Waals surface area contributed by atoms with Crippen molar-refractivity contribution in [2.24, 2.45) is 0 Å². The minimum atomic E-state index is -0.131. The number of fused-ring (bicyclic) bond motifs is 1. The molecule has 0 atom stereocenters. The average Bonchev–Trinajstić information content (AvgIpc) is 2.67. The highest BCUT2D eigenvalue weighted by atomic mass is 32.1. The fourth-order valence-electron chi connectivity index (χ4n) is 2.18. The van der Waals surface area contributed by atoms with E-state index >= 15 is 0 Å². The average molecular weight is 280 g/mol. The highest BCUT2D eigenvalue weighted by Gasteiger charge is 2.17. The number of thiophene rings is 1. The van der Waals surface area contributed by atoms with Crippen molar-refractivity contribution in [3.63, 3.8) is 0 Å². The molecule has 1 aromatic rings. The van der Waals surface area contributed by atoms with E-state index in [0.29, 0.717) is 0 Å². The van der Waals surface area contributed by atoms with Crippen molar-refractivity contribution >= 4 is 23.2 Å². The normalized spacial score (nSPS) is 14.4. The van der Waals surface area contributed by atoms with E-state index in [4.69, 9.17) is 0 Å². The predicted octanol–water partition coefficient (Wildman–Crippen LogP) is 1.83.